The van der Waals surface area contributed by atoms with Crippen LogP contribution < -0.4 is 5.73 Å². The molecule has 0 bridgehead atoms. The molecule has 0 radical (unpaired) electrons. The molecule has 19 heavy (non-hydrogen) atoms. The van der Waals surface area contributed by atoms with E-state index in [1.807, 2.05) is 0 Å². The smallest absolute Gasteiger partial charge is 0.338 e. The lowest BCUT2D eigenvalue weighted by Crippen LogP contribution is -2.40. The number of carbonyl (C=O) groups is 1. The molecule has 7 heteroatoms. The number of rotatable bonds is 3. The van der Waals surface area contributed by atoms with E-state index in [-0.39, 0.29) is 24.4 Å². The van der Waals surface area contributed by atoms with Gasteiger partial charge in [0.05, 0.1) is 18.2 Å². The molecule has 0 fully saturated rings. The van der Waals surface area contributed by atoms with Gasteiger partial charge < -0.3 is 10.6 Å². The van der Waals surface area contributed by atoms with Gasteiger partial charge in [0, 0.05) is 5.56 Å². The Bertz CT molecular complexity index is 503. The summed E-state index contributed by atoms with van der Waals surface area (Å²) in [6, 6.07) is 4.80. The van der Waals surface area contributed by atoms with Crippen LogP contribution in [0.3, 0.4) is 0 Å². The number of halogens is 1. The predicted molar refractivity (Wildman–Crippen MR) is 65.0 cm³/mol. The first-order valence-corrected chi connectivity index (χ1v) is 5.74. The van der Waals surface area contributed by atoms with Gasteiger partial charge in [-0.25, -0.2) is 14.2 Å². The molecule has 1 heterocycles. The first kappa shape index (κ1) is 13.3. The van der Waals surface area contributed by atoms with Crippen molar-refractivity contribution in [3.63, 3.8) is 0 Å². The molecular weight excluding hydrogens is 253 g/mol. The topological polar surface area (TPSA) is 88.2 Å². The summed E-state index contributed by atoms with van der Waals surface area (Å²) in [5.41, 5.74) is 6.19. The molecule has 2 unspecified atom stereocenters. The van der Waals surface area contributed by atoms with Crippen LogP contribution in [0.2, 0.25) is 0 Å². The van der Waals surface area contributed by atoms with Gasteiger partial charge in [-0.3, -0.25) is 5.21 Å². The molecule has 102 valence electrons. The van der Waals surface area contributed by atoms with E-state index in [0.717, 1.165) is 0 Å². The number of primary amides is 1. The standard InChI is InChI=1S/C12H14FN3O3/c1-7-10(6-16(18)12(14)17)11(15-19-7)8-2-4-9(13)5-3-8/h2-5,7,10,18H,6H2,1H3,(H2,14,17). The minimum absolute atomic E-state index is 0.0350. The Hall–Kier alpha value is -2.15. The number of hydrogen-bond acceptors (Lipinski definition) is 4. The second-order valence-electron chi connectivity index (χ2n) is 4.32. The summed E-state index contributed by atoms with van der Waals surface area (Å²) in [6.07, 6.45) is -0.311. The lowest BCUT2D eigenvalue weighted by Gasteiger charge is -2.20. The average Bonchev–Trinajstić information content (AvgIpc) is 2.72. The van der Waals surface area contributed by atoms with Crippen molar-refractivity contribution in [3.8, 4) is 0 Å². The fraction of sp³-hybridized carbons (Fsp3) is 0.333. The molecule has 2 atom stereocenters. The van der Waals surface area contributed by atoms with Crippen molar-refractivity contribution < 1.29 is 19.2 Å². The van der Waals surface area contributed by atoms with Crippen LogP contribution in [-0.4, -0.2) is 34.7 Å². The maximum absolute atomic E-state index is 12.9. The molecule has 0 aromatic heterocycles. The minimum Gasteiger partial charge on any atom is -0.392 e. The highest BCUT2D eigenvalue weighted by molar-refractivity contribution is 6.03. The Morgan fingerprint density at radius 2 is 2.16 bits per heavy atom. The molecule has 0 saturated heterocycles. The van der Waals surface area contributed by atoms with Crippen LogP contribution in [0, 0.1) is 11.7 Å². The molecule has 0 saturated carbocycles. The van der Waals surface area contributed by atoms with Gasteiger partial charge in [0.2, 0.25) is 0 Å². The SMILES string of the molecule is CC1ON=C(c2ccc(F)cc2)C1CN(O)C(N)=O. The first-order chi connectivity index (χ1) is 8.99. The number of carbonyl (C=O) groups excluding carboxylic acids is 1. The Morgan fingerprint density at radius 3 is 2.74 bits per heavy atom. The van der Waals surface area contributed by atoms with Crippen LogP contribution >= 0.6 is 0 Å². The van der Waals surface area contributed by atoms with E-state index >= 15 is 0 Å². The van der Waals surface area contributed by atoms with E-state index < -0.39 is 6.03 Å². The monoisotopic (exact) mass is 267 g/mol. The van der Waals surface area contributed by atoms with Gasteiger partial charge in [-0.15, -0.1) is 0 Å². The lowest BCUT2D eigenvalue weighted by atomic mass is 9.93. The van der Waals surface area contributed by atoms with E-state index in [0.29, 0.717) is 16.3 Å². The number of hydroxylamine groups is 2. The van der Waals surface area contributed by atoms with E-state index in [1.54, 1.807) is 19.1 Å². The number of hydrogen-bond donors (Lipinski definition) is 2. The predicted octanol–water partition coefficient (Wildman–Crippen LogP) is 1.33. The van der Waals surface area contributed by atoms with Crippen molar-refractivity contribution in [2.45, 2.75) is 13.0 Å². The highest BCUT2D eigenvalue weighted by Gasteiger charge is 2.34. The molecule has 1 aliphatic heterocycles. The van der Waals surface area contributed by atoms with Crippen LogP contribution in [0.15, 0.2) is 29.4 Å². The molecule has 2 amide bonds. The summed E-state index contributed by atoms with van der Waals surface area (Å²) >= 11 is 0. The summed E-state index contributed by atoms with van der Waals surface area (Å²) in [5, 5.41) is 13.7. The number of nitrogens with two attached hydrogens (primary N) is 1. The third-order valence-electron chi connectivity index (χ3n) is 3.00. The maximum Gasteiger partial charge on any atom is 0.338 e. The van der Waals surface area contributed by atoms with Crippen LogP contribution in [0.1, 0.15) is 12.5 Å². The van der Waals surface area contributed by atoms with Crippen molar-refractivity contribution in [3.05, 3.63) is 35.6 Å². The summed E-state index contributed by atoms with van der Waals surface area (Å²) in [6.45, 7) is 1.73. The third-order valence-corrected chi connectivity index (χ3v) is 3.00. The van der Waals surface area contributed by atoms with Gasteiger partial charge in [0.1, 0.15) is 11.9 Å². The summed E-state index contributed by atoms with van der Waals surface area (Å²) < 4.78 is 12.9. The third kappa shape index (κ3) is 2.82. The molecular formula is C12H14FN3O3. The normalized spacial score (nSPS) is 21.7. The highest BCUT2D eigenvalue weighted by Crippen LogP contribution is 2.24. The van der Waals surface area contributed by atoms with Gasteiger partial charge in [-0.05, 0) is 19.1 Å². The van der Waals surface area contributed by atoms with Gasteiger partial charge in [-0.1, -0.05) is 17.3 Å². The van der Waals surface area contributed by atoms with Gasteiger partial charge >= 0.3 is 6.03 Å². The van der Waals surface area contributed by atoms with Crippen LogP contribution in [-0.2, 0) is 4.84 Å². The molecule has 1 aromatic rings. The van der Waals surface area contributed by atoms with E-state index in [4.69, 9.17) is 10.6 Å². The van der Waals surface area contributed by atoms with E-state index in [9.17, 15) is 14.4 Å². The summed E-state index contributed by atoms with van der Waals surface area (Å²) in [4.78, 5) is 16.0. The van der Waals surface area contributed by atoms with Crippen molar-refractivity contribution in [1.29, 1.82) is 0 Å². The van der Waals surface area contributed by atoms with Crippen molar-refractivity contribution in [2.75, 3.05) is 6.54 Å². The fourth-order valence-corrected chi connectivity index (χ4v) is 1.90. The highest BCUT2D eigenvalue weighted by atomic mass is 19.1. The zero-order chi connectivity index (χ0) is 14.0. The van der Waals surface area contributed by atoms with Crippen molar-refractivity contribution in [2.24, 2.45) is 16.8 Å². The average molecular weight is 267 g/mol. The molecule has 3 N–H and O–H groups in total. The second-order valence-corrected chi connectivity index (χ2v) is 4.32. The first-order valence-electron chi connectivity index (χ1n) is 5.74. The molecule has 1 aliphatic rings. The largest absolute Gasteiger partial charge is 0.392 e. The number of oxime groups is 1. The molecule has 2 rings (SSSR count). The number of amides is 2. The Kier molecular flexibility index (Phi) is 3.66. The van der Waals surface area contributed by atoms with Crippen LogP contribution in [0.5, 0.6) is 0 Å². The Labute approximate surface area is 109 Å². The number of benzene rings is 1. The van der Waals surface area contributed by atoms with Crippen LogP contribution in [0.4, 0.5) is 9.18 Å². The molecule has 6 nitrogen and oxygen atoms in total. The summed E-state index contributed by atoms with van der Waals surface area (Å²) in [5.74, 6) is -0.684. The van der Waals surface area contributed by atoms with Gasteiger partial charge in [-0.2, -0.15) is 0 Å². The van der Waals surface area contributed by atoms with Gasteiger partial charge in [0.25, 0.3) is 0 Å². The van der Waals surface area contributed by atoms with E-state index in [1.165, 1.54) is 12.1 Å². The van der Waals surface area contributed by atoms with Gasteiger partial charge in [0.15, 0.2) is 0 Å². The molecule has 0 spiro atoms. The quantitative estimate of drug-likeness (QED) is 0.639. The Morgan fingerprint density at radius 1 is 1.53 bits per heavy atom. The zero-order valence-corrected chi connectivity index (χ0v) is 10.3. The number of nitrogens with zero attached hydrogens (tertiary/aromatic N) is 2. The zero-order valence-electron chi connectivity index (χ0n) is 10.3. The van der Waals surface area contributed by atoms with Crippen LogP contribution in [0.25, 0.3) is 0 Å². The lowest BCUT2D eigenvalue weighted by molar-refractivity contribution is -0.0554. The fourth-order valence-electron chi connectivity index (χ4n) is 1.90. The second kappa shape index (κ2) is 5.23. The van der Waals surface area contributed by atoms with Crippen molar-refractivity contribution >= 4 is 11.7 Å². The Balaban J connectivity index is 2.19. The molecule has 0 aliphatic carbocycles. The number of urea groups is 1. The molecule has 1 aromatic carbocycles. The maximum atomic E-state index is 12.9. The van der Waals surface area contributed by atoms with E-state index in [2.05, 4.69) is 5.16 Å². The minimum atomic E-state index is -0.947. The van der Waals surface area contributed by atoms with Crippen molar-refractivity contribution in [1.82, 2.24) is 5.06 Å². The summed E-state index contributed by atoms with van der Waals surface area (Å²) in [7, 11) is 0.